The molecule has 2 aromatic carbocycles. The molecule has 5 rings (SSSR count). The third-order valence-corrected chi connectivity index (χ3v) is 8.90. The first-order chi connectivity index (χ1) is 18.4. The van der Waals surface area contributed by atoms with Gasteiger partial charge in [0.05, 0.1) is 17.9 Å². The zero-order valence-corrected chi connectivity index (χ0v) is 23.2. The van der Waals surface area contributed by atoms with Gasteiger partial charge in [0, 0.05) is 34.4 Å². The molecular formula is C28H31BrClN3O5. The van der Waals surface area contributed by atoms with Gasteiger partial charge in [-0.3, -0.25) is 14.4 Å². The zero-order valence-electron chi connectivity index (χ0n) is 20.8. The molecule has 0 aromatic heterocycles. The average Bonchev–Trinajstić information content (AvgIpc) is 3.49. The minimum Gasteiger partial charge on any atom is -0.396 e. The molecule has 6 atom stereocenters. The van der Waals surface area contributed by atoms with Crippen molar-refractivity contribution in [3.63, 3.8) is 0 Å². The summed E-state index contributed by atoms with van der Waals surface area (Å²) in [5, 5.41) is 15.5. The molecule has 3 unspecified atom stereocenters. The number of para-hydroxylation sites is 1. The standard InChI is InChI=1S/C28H31BrClN3O5/c29-20-16-28-22(21(23(20)38-28)25(35)31-18-8-4-3-5-9-18)27(37)33(14-6-1-2-7-15-34)24(28)26(36)32-19-12-10-17(30)11-13-19/h3-5,8-13,20-24,34H,1-2,6-7,14-16H2,(H,31,35)(H,32,36)/t20?,21-,22+,23-,24?,28?/m1/s1. The average molecular weight is 605 g/mol. The molecule has 8 nitrogen and oxygen atoms in total. The lowest BCUT2D eigenvalue weighted by Crippen LogP contribution is -2.54. The van der Waals surface area contributed by atoms with Crippen molar-refractivity contribution in [2.24, 2.45) is 11.8 Å². The molecule has 3 fully saturated rings. The fraction of sp³-hybridized carbons (Fsp3) is 0.464. The molecule has 38 heavy (non-hydrogen) atoms. The Kier molecular flexibility index (Phi) is 8.09. The van der Waals surface area contributed by atoms with E-state index in [1.54, 1.807) is 41.3 Å². The molecule has 3 saturated heterocycles. The quantitative estimate of drug-likeness (QED) is 0.278. The van der Waals surface area contributed by atoms with E-state index in [9.17, 15) is 14.4 Å². The topological polar surface area (TPSA) is 108 Å². The lowest BCUT2D eigenvalue weighted by atomic mass is 9.70. The Morgan fingerprint density at radius 1 is 1.00 bits per heavy atom. The first-order valence-electron chi connectivity index (χ1n) is 13.0. The second-order valence-electron chi connectivity index (χ2n) is 10.2. The predicted molar refractivity (Wildman–Crippen MR) is 148 cm³/mol. The van der Waals surface area contributed by atoms with Crippen LogP contribution in [0, 0.1) is 11.8 Å². The van der Waals surface area contributed by atoms with Crippen molar-refractivity contribution in [3.05, 3.63) is 59.6 Å². The van der Waals surface area contributed by atoms with Crippen molar-refractivity contribution in [1.29, 1.82) is 0 Å². The Balaban J connectivity index is 1.44. The Morgan fingerprint density at radius 2 is 1.66 bits per heavy atom. The molecule has 202 valence electrons. The maximum Gasteiger partial charge on any atom is 0.250 e. The fourth-order valence-corrected chi connectivity index (χ4v) is 7.28. The number of aliphatic hydroxyl groups excluding tert-OH is 1. The van der Waals surface area contributed by atoms with Crippen LogP contribution < -0.4 is 10.6 Å². The highest BCUT2D eigenvalue weighted by Crippen LogP contribution is 2.60. The van der Waals surface area contributed by atoms with Gasteiger partial charge >= 0.3 is 0 Å². The number of nitrogens with one attached hydrogen (secondary N) is 2. The number of anilines is 2. The maximum absolute atomic E-state index is 14.0. The maximum atomic E-state index is 14.0. The number of alkyl halides is 1. The number of unbranched alkanes of at least 4 members (excludes halogenated alkanes) is 3. The van der Waals surface area contributed by atoms with Gasteiger partial charge in [0.25, 0.3) is 0 Å². The molecule has 1 spiro atoms. The molecule has 3 aliphatic heterocycles. The van der Waals surface area contributed by atoms with E-state index in [4.69, 9.17) is 21.4 Å². The third kappa shape index (κ3) is 4.97. The van der Waals surface area contributed by atoms with Gasteiger partial charge < -0.3 is 25.4 Å². The van der Waals surface area contributed by atoms with Crippen LogP contribution in [0.1, 0.15) is 32.1 Å². The van der Waals surface area contributed by atoms with Crippen molar-refractivity contribution in [1.82, 2.24) is 4.90 Å². The van der Waals surface area contributed by atoms with E-state index in [2.05, 4.69) is 26.6 Å². The van der Waals surface area contributed by atoms with Gasteiger partial charge in [-0.1, -0.05) is 58.6 Å². The largest absolute Gasteiger partial charge is 0.396 e. The number of hydrogen-bond donors (Lipinski definition) is 3. The van der Waals surface area contributed by atoms with Crippen LogP contribution >= 0.6 is 27.5 Å². The smallest absolute Gasteiger partial charge is 0.250 e. The van der Waals surface area contributed by atoms with Crippen molar-refractivity contribution >= 4 is 56.6 Å². The minimum atomic E-state index is -1.11. The highest BCUT2D eigenvalue weighted by Gasteiger charge is 2.76. The summed E-state index contributed by atoms with van der Waals surface area (Å²) in [7, 11) is 0. The first-order valence-corrected chi connectivity index (χ1v) is 14.3. The molecule has 3 heterocycles. The number of hydrogen-bond acceptors (Lipinski definition) is 5. The lowest BCUT2D eigenvalue weighted by Gasteiger charge is -2.34. The molecule has 2 aromatic rings. The van der Waals surface area contributed by atoms with Gasteiger partial charge in [-0.25, -0.2) is 0 Å². The number of likely N-dealkylation sites (tertiary alicyclic amines) is 1. The van der Waals surface area contributed by atoms with E-state index in [-0.39, 0.29) is 29.2 Å². The van der Waals surface area contributed by atoms with Crippen LogP contribution in [0.25, 0.3) is 0 Å². The third-order valence-electron chi connectivity index (χ3n) is 7.80. The van der Waals surface area contributed by atoms with E-state index >= 15 is 0 Å². The van der Waals surface area contributed by atoms with Crippen LogP contribution in [0.3, 0.4) is 0 Å². The Hall–Kier alpha value is -2.46. The Morgan fingerprint density at radius 3 is 2.37 bits per heavy atom. The molecular weight excluding hydrogens is 574 g/mol. The van der Waals surface area contributed by atoms with Crippen molar-refractivity contribution in [3.8, 4) is 0 Å². The van der Waals surface area contributed by atoms with Gasteiger partial charge in [0.1, 0.15) is 11.6 Å². The van der Waals surface area contributed by atoms with Crippen LogP contribution in [0.5, 0.6) is 0 Å². The lowest BCUT2D eigenvalue weighted by molar-refractivity contribution is -0.139. The van der Waals surface area contributed by atoms with Crippen LogP contribution in [-0.2, 0) is 19.1 Å². The van der Waals surface area contributed by atoms with Crippen LogP contribution in [0.2, 0.25) is 5.02 Å². The zero-order chi connectivity index (χ0) is 26.9. The van der Waals surface area contributed by atoms with Gasteiger partial charge in [0.15, 0.2) is 0 Å². The van der Waals surface area contributed by atoms with Gasteiger partial charge in [-0.2, -0.15) is 0 Å². The number of carbonyl (C=O) groups excluding carboxylic acids is 3. The number of carbonyl (C=O) groups is 3. The van der Waals surface area contributed by atoms with Crippen LogP contribution in [0.4, 0.5) is 11.4 Å². The van der Waals surface area contributed by atoms with E-state index in [1.807, 2.05) is 18.2 Å². The Bertz CT molecular complexity index is 1180. The van der Waals surface area contributed by atoms with E-state index in [1.165, 1.54) is 0 Å². The van der Waals surface area contributed by atoms with Gasteiger partial charge in [-0.15, -0.1) is 0 Å². The van der Waals surface area contributed by atoms with E-state index in [0.29, 0.717) is 42.2 Å². The van der Waals surface area contributed by atoms with Crippen LogP contribution in [-0.4, -0.2) is 63.5 Å². The summed E-state index contributed by atoms with van der Waals surface area (Å²) < 4.78 is 6.52. The molecule has 3 aliphatic rings. The monoisotopic (exact) mass is 603 g/mol. The summed E-state index contributed by atoms with van der Waals surface area (Å²) >= 11 is 9.70. The van der Waals surface area contributed by atoms with Crippen molar-refractivity contribution in [2.45, 2.75) is 54.7 Å². The number of benzene rings is 2. The number of halogens is 2. The number of amides is 3. The van der Waals surface area contributed by atoms with Gasteiger partial charge in [0.2, 0.25) is 17.7 Å². The number of nitrogens with zero attached hydrogens (tertiary/aromatic N) is 1. The first kappa shape index (κ1) is 27.1. The fourth-order valence-electron chi connectivity index (χ4n) is 6.21. The molecule has 0 saturated carbocycles. The SMILES string of the molecule is O=C(Nc1ccc(Cl)cc1)C1N(CCCCCCO)C(=O)[C@@H]2[C@@H](C(=O)Nc3ccccc3)[C@@H]3OC12CC3Br. The molecule has 3 N–H and O–H groups in total. The van der Waals surface area contributed by atoms with Crippen LogP contribution in [0.15, 0.2) is 54.6 Å². The summed E-state index contributed by atoms with van der Waals surface area (Å²) in [5.74, 6) is -2.34. The second-order valence-corrected chi connectivity index (χ2v) is 11.8. The summed E-state index contributed by atoms with van der Waals surface area (Å²) in [6.07, 6.45) is 2.95. The predicted octanol–water partition coefficient (Wildman–Crippen LogP) is 4.22. The summed E-state index contributed by atoms with van der Waals surface area (Å²) in [6.45, 7) is 0.495. The Labute approximate surface area is 235 Å². The summed E-state index contributed by atoms with van der Waals surface area (Å²) in [4.78, 5) is 42.8. The molecule has 0 aliphatic carbocycles. The van der Waals surface area contributed by atoms with Gasteiger partial charge in [-0.05, 0) is 55.7 Å². The molecule has 0 radical (unpaired) electrons. The molecule has 2 bridgehead atoms. The van der Waals surface area contributed by atoms with Crippen molar-refractivity contribution in [2.75, 3.05) is 23.8 Å². The number of ether oxygens (including phenoxy) is 1. The summed E-state index contributed by atoms with van der Waals surface area (Å²) in [5.41, 5.74) is 0.0931. The molecule has 10 heteroatoms. The van der Waals surface area contributed by atoms with Crippen molar-refractivity contribution < 1.29 is 24.2 Å². The molecule has 3 amide bonds. The van der Waals surface area contributed by atoms with E-state index < -0.39 is 29.6 Å². The number of fused-ring (bicyclic) bond motifs is 1. The minimum absolute atomic E-state index is 0.125. The highest BCUT2D eigenvalue weighted by molar-refractivity contribution is 9.09. The number of aliphatic hydroxyl groups is 1. The summed E-state index contributed by atoms with van der Waals surface area (Å²) in [6, 6.07) is 15.0. The van der Waals surface area contributed by atoms with E-state index in [0.717, 1.165) is 12.8 Å². The normalized spacial score (nSPS) is 29.4. The highest BCUT2D eigenvalue weighted by atomic mass is 79.9. The second kappa shape index (κ2) is 11.3. The number of rotatable bonds is 10.